The summed E-state index contributed by atoms with van der Waals surface area (Å²) in [6.07, 6.45) is 1.30. The Labute approximate surface area is 123 Å². The lowest BCUT2D eigenvalue weighted by molar-refractivity contribution is 0.614. The number of halogens is 2. The molecule has 3 aromatic rings. The fourth-order valence-corrected chi connectivity index (χ4v) is 2.21. The molecule has 2 heterocycles. The summed E-state index contributed by atoms with van der Waals surface area (Å²) in [6, 6.07) is 11.0. The maximum absolute atomic E-state index is 13.1. The summed E-state index contributed by atoms with van der Waals surface area (Å²) in [6.45, 7) is 2.02. The quantitative estimate of drug-likeness (QED) is 0.792. The lowest BCUT2D eigenvalue weighted by atomic mass is 10.1. The van der Waals surface area contributed by atoms with E-state index in [2.05, 4.69) is 31.3 Å². The van der Waals surface area contributed by atoms with Crippen molar-refractivity contribution >= 4 is 27.5 Å². The predicted octanol–water partition coefficient (Wildman–Crippen LogP) is 3.80. The van der Waals surface area contributed by atoms with Crippen molar-refractivity contribution in [1.29, 1.82) is 0 Å². The van der Waals surface area contributed by atoms with Gasteiger partial charge >= 0.3 is 0 Å². The number of hydrogen-bond acceptors (Lipinski definition) is 3. The average molecular weight is 335 g/mol. The fraction of sp³-hybridized carbons (Fsp3) is 0.143. The lowest BCUT2D eigenvalue weighted by Gasteiger charge is -2.12. The standard InChI is InChI=1S/C14H12BrFN4/c1-9(10-2-4-11(15)5-3-10)17-14-18-13-7-6-12(16)8-20(13)19-14/h2-9H,1H3,(H,17,19). The summed E-state index contributed by atoms with van der Waals surface area (Å²) in [5, 5.41) is 7.41. The van der Waals surface area contributed by atoms with Crippen LogP contribution in [0.2, 0.25) is 0 Å². The van der Waals surface area contributed by atoms with Gasteiger partial charge in [-0.15, -0.1) is 5.10 Å². The zero-order valence-electron chi connectivity index (χ0n) is 10.7. The van der Waals surface area contributed by atoms with Crippen LogP contribution in [0.4, 0.5) is 10.3 Å². The smallest absolute Gasteiger partial charge is 0.243 e. The second-order valence-electron chi connectivity index (χ2n) is 4.50. The third kappa shape index (κ3) is 2.65. The molecule has 20 heavy (non-hydrogen) atoms. The number of aromatic nitrogens is 3. The van der Waals surface area contributed by atoms with Crippen molar-refractivity contribution < 1.29 is 4.39 Å². The van der Waals surface area contributed by atoms with Crippen LogP contribution in [0.3, 0.4) is 0 Å². The number of rotatable bonds is 3. The number of benzene rings is 1. The number of nitrogens with zero attached hydrogens (tertiary/aromatic N) is 3. The van der Waals surface area contributed by atoms with Crippen LogP contribution < -0.4 is 5.32 Å². The fourth-order valence-electron chi connectivity index (χ4n) is 1.95. The Balaban J connectivity index is 1.83. The molecule has 102 valence electrons. The highest BCUT2D eigenvalue weighted by molar-refractivity contribution is 9.10. The van der Waals surface area contributed by atoms with Crippen LogP contribution in [0.15, 0.2) is 47.1 Å². The molecule has 0 amide bonds. The van der Waals surface area contributed by atoms with E-state index in [1.165, 1.54) is 16.8 Å². The summed E-state index contributed by atoms with van der Waals surface area (Å²) < 4.78 is 15.6. The first-order chi connectivity index (χ1) is 9.61. The molecule has 4 nitrogen and oxygen atoms in total. The van der Waals surface area contributed by atoms with E-state index in [0.29, 0.717) is 11.6 Å². The third-order valence-corrected chi connectivity index (χ3v) is 3.54. The zero-order valence-corrected chi connectivity index (χ0v) is 12.3. The number of fused-ring (bicyclic) bond motifs is 1. The van der Waals surface area contributed by atoms with Gasteiger partial charge in [0, 0.05) is 4.47 Å². The third-order valence-electron chi connectivity index (χ3n) is 3.01. The molecular formula is C14H12BrFN4. The van der Waals surface area contributed by atoms with E-state index >= 15 is 0 Å². The molecule has 0 aliphatic heterocycles. The minimum Gasteiger partial charge on any atom is -0.346 e. The lowest BCUT2D eigenvalue weighted by Crippen LogP contribution is -2.07. The van der Waals surface area contributed by atoms with Crippen LogP contribution in [0.25, 0.3) is 5.65 Å². The van der Waals surface area contributed by atoms with Crippen molar-refractivity contribution in [3.8, 4) is 0 Å². The van der Waals surface area contributed by atoms with Crippen LogP contribution in [0, 0.1) is 5.82 Å². The molecular weight excluding hydrogens is 323 g/mol. The van der Waals surface area contributed by atoms with E-state index in [1.54, 1.807) is 6.07 Å². The molecule has 1 atom stereocenters. The van der Waals surface area contributed by atoms with E-state index in [4.69, 9.17) is 0 Å². The van der Waals surface area contributed by atoms with Gasteiger partial charge in [-0.1, -0.05) is 28.1 Å². The van der Waals surface area contributed by atoms with E-state index in [0.717, 1.165) is 10.0 Å². The Kier molecular flexibility index (Phi) is 3.40. The summed E-state index contributed by atoms with van der Waals surface area (Å²) >= 11 is 3.41. The summed E-state index contributed by atoms with van der Waals surface area (Å²) in [7, 11) is 0. The minimum absolute atomic E-state index is 0.0605. The van der Waals surface area contributed by atoms with Gasteiger partial charge in [-0.2, -0.15) is 4.98 Å². The highest BCUT2D eigenvalue weighted by atomic mass is 79.9. The first-order valence-electron chi connectivity index (χ1n) is 6.16. The van der Waals surface area contributed by atoms with Gasteiger partial charge in [0.1, 0.15) is 5.82 Å². The van der Waals surface area contributed by atoms with Crippen molar-refractivity contribution in [2.75, 3.05) is 5.32 Å². The van der Waals surface area contributed by atoms with E-state index in [1.807, 2.05) is 31.2 Å². The Bertz CT molecular complexity index is 739. The molecule has 0 fully saturated rings. The van der Waals surface area contributed by atoms with Crippen LogP contribution in [-0.4, -0.2) is 14.6 Å². The van der Waals surface area contributed by atoms with Gasteiger partial charge in [-0.05, 0) is 36.8 Å². The van der Waals surface area contributed by atoms with Crippen LogP contribution >= 0.6 is 15.9 Å². The average Bonchev–Trinajstić information content (AvgIpc) is 2.80. The normalized spacial score (nSPS) is 12.6. The van der Waals surface area contributed by atoms with Crippen LogP contribution in [-0.2, 0) is 0 Å². The Morgan fingerprint density at radius 1 is 1.20 bits per heavy atom. The van der Waals surface area contributed by atoms with Gasteiger partial charge < -0.3 is 5.32 Å². The van der Waals surface area contributed by atoms with Crippen LogP contribution in [0.5, 0.6) is 0 Å². The molecule has 3 rings (SSSR count). The minimum atomic E-state index is -0.338. The van der Waals surface area contributed by atoms with Crippen molar-refractivity contribution in [2.45, 2.75) is 13.0 Å². The maximum atomic E-state index is 13.1. The van der Waals surface area contributed by atoms with Crippen molar-refractivity contribution in [2.24, 2.45) is 0 Å². The topological polar surface area (TPSA) is 42.2 Å². The van der Waals surface area contributed by atoms with Gasteiger partial charge in [-0.3, -0.25) is 0 Å². The molecule has 1 unspecified atom stereocenters. The highest BCUT2D eigenvalue weighted by Gasteiger charge is 2.09. The van der Waals surface area contributed by atoms with Gasteiger partial charge in [0.25, 0.3) is 0 Å². The number of nitrogens with one attached hydrogen (secondary N) is 1. The summed E-state index contributed by atoms with van der Waals surface area (Å²) in [5.41, 5.74) is 1.73. The van der Waals surface area contributed by atoms with Crippen molar-refractivity contribution in [3.05, 3.63) is 58.4 Å². The Morgan fingerprint density at radius 2 is 1.95 bits per heavy atom. The summed E-state index contributed by atoms with van der Waals surface area (Å²) in [4.78, 5) is 4.30. The first kappa shape index (κ1) is 13.1. The molecule has 1 aromatic carbocycles. The van der Waals surface area contributed by atoms with Gasteiger partial charge in [0.05, 0.1) is 12.2 Å². The molecule has 1 N–H and O–H groups in total. The largest absolute Gasteiger partial charge is 0.346 e. The second-order valence-corrected chi connectivity index (χ2v) is 5.42. The highest BCUT2D eigenvalue weighted by Crippen LogP contribution is 2.19. The molecule has 0 aliphatic carbocycles. The van der Waals surface area contributed by atoms with Gasteiger partial charge in [0.2, 0.25) is 5.95 Å². The number of pyridine rings is 1. The summed E-state index contributed by atoms with van der Waals surface area (Å²) in [5.74, 6) is 0.140. The zero-order chi connectivity index (χ0) is 14.1. The molecule has 0 saturated heterocycles. The molecule has 0 bridgehead atoms. The van der Waals surface area contributed by atoms with Crippen molar-refractivity contribution in [1.82, 2.24) is 14.6 Å². The molecule has 0 radical (unpaired) electrons. The van der Waals surface area contributed by atoms with Gasteiger partial charge in [-0.25, -0.2) is 8.91 Å². The van der Waals surface area contributed by atoms with Gasteiger partial charge in [0.15, 0.2) is 5.65 Å². The SMILES string of the molecule is CC(Nc1nc2ccc(F)cn2n1)c1ccc(Br)cc1. The van der Waals surface area contributed by atoms with Crippen molar-refractivity contribution in [3.63, 3.8) is 0 Å². The molecule has 0 aliphatic rings. The number of anilines is 1. The predicted molar refractivity (Wildman–Crippen MR) is 79.1 cm³/mol. The van der Waals surface area contributed by atoms with E-state index in [-0.39, 0.29) is 11.9 Å². The van der Waals surface area contributed by atoms with E-state index in [9.17, 15) is 4.39 Å². The first-order valence-corrected chi connectivity index (χ1v) is 6.95. The molecule has 0 saturated carbocycles. The maximum Gasteiger partial charge on any atom is 0.243 e. The Morgan fingerprint density at radius 3 is 2.70 bits per heavy atom. The molecule has 0 spiro atoms. The Hall–Kier alpha value is -1.95. The van der Waals surface area contributed by atoms with Crippen LogP contribution in [0.1, 0.15) is 18.5 Å². The molecule has 2 aromatic heterocycles. The van der Waals surface area contributed by atoms with E-state index < -0.39 is 0 Å². The second kappa shape index (κ2) is 5.20. The molecule has 6 heteroatoms. The number of hydrogen-bond donors (Lipinski definition) is 1. The monoisotopic (exact) mass is 334 g/mol.